The molecule has 7 nitrogen and oxygen atoms in total. The molecular formula is C38H46Cl2N2O5. The van der Waals surface area contributed by atoms with Crippen LogP contribution in [-0.4, -0.2) is 27.4 Å². The SMILES string of the molecule is O.O.O.O.O.[Cl-].[Cl-].[NH3+]C(c1ccccc1)(c1ccccc1)c1ccccc1.[NH3+]C(c1ccccc1)(c1ccccc1)c1ccccc1. The summed E-state index contributed by atoms with van der Waals surface area (Å²) in [5, 5.41) is 0. The van der Waals surface area contributed by atoms with Crippen LogP contribution in [0.1, 0.15) is 33.4 Å². The van der Waals surface area contributed by atoms with E-state index in [1.54, 1.807) is 0 Å². The molecule has 0 saturated carbocycles. The summed E-state index contributed by atoms with van der Waals surface area (Å²) in [5.41, 5.74) is 15.7. The predicted octanol–water partition coefficient (Wildman–Crippen LogP) is -3.67. The molecule has 47 heavy (non-hydrogen) atoms. The van der Waals surface area contributed by atoms with Crippen LogP contribution in [0.3, 0.4) is 0 Å². The van der Waals surface area contributed by atoms with Gasteiger partial charge in [0.05, 0.1) is 0 Å². The van der Waals surface area contributed by atoms with Crippen LogP contribution in [0.5, 0.6) is 0 Å². The maximum atomic E-state index is 4.58. The summed E-state index contributed by atoms with van der Waals surface area (Å²) in [6.07, 6.45) is 0. The molecule has 252 valence electrons. The maximum Gasteiger partial charge on any atom is 0.172 e. The second-order valence-electron chi connectivity index (χ2n) is 10.0. The van der Waals surface area contributed by atoms with Crippen molar-refractivity contribution in [3.8, 4) is 0 Å². The van der Waals surface area contributed by atoms with Gasteiger partial charge in [0.25, 0.3) is 0 Å². The smallest absolute Gasteiger partial charge is 0.172 e. The maximum absolute atomic E-state index is 4.58. The van der Waals surface area contributed by atoms with E-state index in [0.717, 1.165) is 0 Å². The Labute approximate surface area is 289 Å². The van der Waals surface area contributed by atoms with Crippen molar-refractivity contribution in [2.45, 2.75) is 11.1 Å². The van der Waals surface area contributed by atoms with Crippen molar-refractivity contribution in [1.82, 2.24) is 0 Å². The number of hydrogen-bond acceptors (Lipinski definition) is 0. The molecule has 0 aliphatic carbocycles. The molecule has 0 saturated heterocycles. The molecular weight excluding hydrogens is 635 g/mol. The van der Waals surface area contributed by atoms with Crippen LogP contribution in [0.2, 0.25) is 0 Å². The van der Waals surface area contributed by atoms with Crippen LogP contribution in [0, 0.1) is 0 Å². The fraction of sp³-hybridized carbons (Fsp3) is 0.0526. The molecule has 6 rings (SSSR count). The lowest BCUT2D eigenvalue weighted by atomic mass is 9.78. The monoisotopic (exact) mass is 680 g/mol. The molecule has 6 aromatic carbocycles. The minimum Gasteiger partial charge on any atom is -1.00 e. The first-order chi connectivity index (χ1) is 19.6. The van der Waals surface area contributed by atoms with Crippen molar-refractivity contribution >= 4 is 0 Å². The van der Waals surface area contributed by atoms with Crippen LogP contribution in [0.15, 0.2) is 182 Å². The highest BCUT2D eigenvalue weighted by Gasteiger charge is 2.36. The third-order valence-electron chi connectivity index (χ3n) is 7.60. The third-order valence-corrected chi connectivity index (χ3v) is 7.60. The molecule has 0 aliphatic heterocycles. The van der Waals surface area contributed by atoms with E-state index in [1.807, 2.05) is 36.4 Å². The zero-order valence-corrected chi connectivity index (χ0v) is 27.5. The van der Waals surface area contributed by atoms with Gasteiger partial charge in [0.1, 0.15) is 0 Å². The zero-order valence-electron chi connectivity index (χ0n) is 26.0. The number of benzene rings is 6. The standard InChI is InChI=1S/2C19H17N.2ClH.5H2O/c2*20-19(16-10-4-1-5-11-16,17-12-6-2-7-13-17)18-14-8-3-9-15-18;;;;;;;/h2*1-15H,20H2;2*1H;5*1H2. The largest absolute Gasteiger partial charge is 1.00 e. The van der Waals surface area contributed by atoms with Crippen LogP contribution in [0.4, 0.5) is 0 Å². The Morgan fingerprint density at radius 2 is 0.340 bits per heavy atom. The highest BCUT2D eigenvalue weighted by Crippen LogP contribution is 2.33. The molecule has 0 amide bonds. The first kappa shape index (κ1) is 47.0. The fourth-order valence-electron chi connectivity index (χ4n) is 5.34. The first-order valence-electron chi connectivity index (χ1n) is 13.7. The summed E-state index contributed by atoms with van der Waals surface area (Å²) in [5.74, 6) is 0. The summed E-state index contributed by atoms with van der Waals surface area (Å²) in [4.78, 5) is 0. The average molecular weight is 682 g/mol. The van der Waals surface area contributed by atoms with Crippen molar-refractivity contribution in [3.05, 3.63) is 215 Å². The van der Waals surface area contributed by atoms with Gasteiger partial charge in [0.2, 0.25) is 0 Å². The van der Waals surface area contributed by atoms with Gasteiger partial charge in [-0.15, -0.1) is 0 Å². The van der Waals surface area contributed by atoms with E-state index in [1.165, 1.54) is 33.4 Å². The molecule has 6 aromatic rings. The lowest BCUT2D eigenvalue weighted by Gasteiger charge is -2.27. The first-order valence-corrected chi connectivity index (χ1v) is 13.7. The molecule has 9 heteroatoms. The Balaban J connectivity index is -0.000000717. The molecule has 0 unspecified atom stereocenters. The van der Waals surface area contributed by atoms with E-state index >= 15 is 0 Å². The summed E-state index contributed by atoms with van der Waals surface area (Å²) >= 11 is 0. The van der Waals surface area contributed by atoms with Crippen molar-refractivity contribution in [1.29, 1.82) is 0 Å². The van der Waals surface area contributed by atoms with Crippen LogP contribution < -0.4 is 36.3 Å². The van der Waals surface area contributed by atoms with E-state index in [9.17, 15) is 0 Å². The second-order valence-corrected chi connectivity index (χ2v) is 10.0. The summed E-state index contributed by atoms with van der Waals surface area (Å²) in [6, 6.07) is 62.8. The van der Waals surface area contributed by atoms with Crippen LogP contribution in [-0.2, 0) is 11.1 Å². The quantitative estimate of drug-likeness (QED) is 0.163. The van der Waals surface area contributed by atoms with Crippen LogP contribution in [0.25, 0.3) is 0 Å². The predicted molar refractivity (Wildman–Crippen MR) is 182 cm³/mol. The Bertz CT molecular complexity index is 1290. The molecule has 16 N–H and O–H groups in total. The minimum atomic E-state index is -0.371. The molecule has 0 fully saturated rings. The van der Waals surface area contributed by atoms with E-state index in [4.69, 9.17) is 0 Å². The summed E-state index contributed by atoms with van der Waals surface area (Å²) < 4.78 is 0. The van der Waals surface area contributed by atoms with Gasteiger partial charge in [0, 0.05) is 33.4 Å². The van der Waals surface area contributed by atoms with Crippen LogP contribution >= 0.6 is 0 Å². The van der Waals surface area contributed by atoms with Gasteiger partial charge in [0.15, 0.2) is 11.1 Å². The van der Waals surface area contributed by atoms with Gasteiger partial charge in [-0.1, -0.05) is 182 Å². The van der Waals surface area contributed by atoms with Gasteiger partial charge in [-0.25, -0.2) is 0 Å². The second kappa shape index (κ2) is 22.2. The third kappa shape index (κ3) is 10.3. The molecule has 0 radical (unpaired) electrons. The molecule has 0 heterocycles. The van der Waals surface area contributed by atoms with Crippen molar-refractivity contribution in [3.63, 3.8) is 0 Å². The average Bonchev–Trinajstić information content (AvgIpc) is 3.07. The molecule has 0 aliphatic rings. The summed E-state index contributed by atoms with van der Waals surface area (Å²) in [6.45, 7) is 0. The number of hydrogen-bond donors (Lipinski definition) is 2. The number of halogens is 2. The lowest BCUT2D eigenvalue weighted by molar-refractivity contribution is -0.455. The topological polar surface area (TPSA) is 213 Å². The van der Waals surface area contributed by atoms with Gasteiger partial charge in [-0.05, 0) is 0 Å². The Hall–Kier alpha value is -4.38. The Kier molecular flexibility index (Phi) is 22.2. The highest BCUT2D eigenvalue weighted by atomic mass is 35.5. The van der Waals surface area contributed by atoms with Crippen molar-refractivity contribution < 1.29 is 63.7 Å². The van der Waals surface area contributed by atoms with Gasteiger partial charge in [-0.3, -0.25) is 0 Å². The molecule has 0 aromatic heterocycles. The number of rotatable bonds is 6. The molecule has 0 spiro atoms. The Morgan fingerprint density at radius 1 is 0.234 bits per heavy atom. The number of quaternary nitrogens is 2. The minimum absolute atomic E-state index is 0. The van der Waals surface area contributed by atoms with E-state index in [0.29, 0.717) is 0 Å². The zero-order chi connectivity index (χ0) is 27.7. The van der Waals surface area contributed by atoms with Gasteiger partial charge < -0.3 is 63.7 Å². The van der Waals surface area contributed by atoms with Crippen molar-refractivity contribution in [2.24, 2.45) is 0 Å². The van der Waals surface area contributed by atoms with E-state index in [-0.39, 0.29) is 63.3 Å². The van der Waals surface area contributed by atoms with Crippen molar-refractivity contribution in [2.75, 3.05) is 0 Å². The lowest BCUT2D eigenvalue weighted by Crippen LogP contribution is -3.00. The highest BCUT2D eigenvalue weighted by molar-refractivity contribution is 5.47. The molecule has 0 bridgehead atoms. The summed E-state index contributed by atoms with van der Waals surface area (Å²) in [7, 11) is 0. The fourth-order valence-corrected chi connectivity index (χ4v) is 5.34. The normalized spacial score (nSPS) is 9.57. The van der Waals surface area contributed by atoms with E-state index in [2.05, 4.69) is 157 Å². The Morgan fingerprint density at radius 3 is 0.447 bits per heavy atom. The van der Waals surface area contributed by atoms with Gasteiger partial charge >= 0.3 is 0 Å². The van der Waals surface area contributed by atoms with E-state index < -0.39 is 0 Å². The van der Waals surface area contributed by atoms with Gasteiger partial charge in [-0.2, -0.15) is 0 Å². The molecule has 0 atom stereocenters.